The van der Waals surface area contributed by atoms with Crippen LogP contribution >= 0.6 is 11.8 Å². The fourth-order valence-corrected chi connectivity index (χ4v) is 3.57. The third kappa shape index (κ3) is 4.95. The number of nitrogens with zero attached hydrogens (tertiary/aromatic N) is 1. The summed E-state index contributed by atoms with van der Waals surface area (Å²) < 4.78 is 0. The maximum absolute atomic E-state index is 12.0. The average molecular weight is 351 g/mol. The van der Waals surface area contributed by atoms with E-state index in [4.69, 9.17) is 5.73 Å². The summed E-state index contributed by atoms with van der Waals surface area (Å²) in [4.78, 5) is 34.1. The Hall–Kier alpha value is -2.09. The molecular weight excluding hydrogens is 330 g/mol. The molecule has 0 atom stereocenters. The van der Waals surface area contributed by atoms with Crippen molar-refractivity contribution in [1.82, 2.24) is 5.32 Å². The number of carbonyl (C=O) groups excluding carboxylic acids is 2. The molecule has 0 heterocycles. The van der Waals surface area contributed by atoms with Crippen LogP contribution in [0.4, 0.5) is 5.69 Å². The van der Waals surface area contributed by atoms with E-state index in [1.807, 2.05) is 0 Å². The number of carbonyl (C=O) groups is 2. The van der Waals surface area contributed by atoms with Gasteiger partial charge in [-0.3, -0.25) is 19.7 Å². The predicted molar refractivity (Wildman–Crippen MR) is 91.9 cm³/mol. The van der Waals surface area contributed by atoms with Crippen LogP contribution in [0.3, 0.4) is 0 Å². The first-order valence-electron chi connectivity index (χ1n) is 7.87. The molecule has 1 aromatic carbocycles. The fraction of sp³-hybridized carbons (Fsp3) is 0.500. The molecule has 2 rings (SSSR count). The Bertz CT molecular complexity index is 642. The van der Waals surface area contributed by atoms with E-state index in [9.17, 15) is 19.7 Å². The zero-order valence-electron chi connectivity index (χ0n) is 13.5. The molecule has 8 heteroatoms. The average Bonchev–Trinajstić information content (AvgIpc) is 2.54. The van der Waals surface area contributed by atoms with Crippen molar-refractivity contribution < 1.29 is 14.5 Å². The van der Waals surface area contributed by atoms with Crippen LogP contribution < -0.4 is 11.1 Å². The maximum Gasteiger partial charge on any atom is 0.283 e. The molecule has 0 spiro atoms. The van der Waals surface area contributed by atoms with Gasteiger partial charge in [-0.05, 0) is 43.7 Å². The van der Waals surface area contributed by atoms with E-state index in [1.54, 1.807) is 0 Å². The van der Waals surface area contributed by atoms with Gasteiger partial charge in [0.05, 0.1) is 15.6 Å². The summed E-state index contributed by atoms with van der Waals surface area (Å²) in [5.41, 5.74) is 5.00. The van der Waals surface area contributed by atoms with Crippen molar-refractivity contribution >= 4 is 29.3 Å². The number of nitrogens with one attached hydrogen (secondary N) is 1. The van der Waals surface area contributed by atoms with Crippen molar-refractivity contribution in [3.05, 3.63) is 33.9 Å². The molecule has 1 aromatic rings. The molecule has 0 radical (unpaired) electrons. The standard InChI is InChI=1S/C16H21N3O4S/c1-10-2-5-12(6-3-10)18-15(20)9-24-14-7-4-11(16(17)21)8-13(14)19(22)23/h4,7-8,10,12H,2-3,5-6,9H2,1H3,(H2,17,21)(H,18,20). The van der Waals surface area contributed by atoms with Crippen LogP contribution in [0.1, 0.15) is 43.0 Å². The zero-order valence-corrected chi connectivity index (χ0v) is 14.3. The lowest BCUT2D eigenvalue weighted by Gasteiger charge is -2.26. The van der Waals surface area contributed by atoms with E-state index in [2.05, 4.69) is 12.2 Å². The number of benzene rings is 1. The normalized spacial score (nSPS) is 20.4. The van der Waals surface area contributed by atoms with Crippen LogP contribution in [0.15, 0.2) is 23.1 Å². The number of thioether (sulfide) groups is 1. The topological polar surface area (TPSA) is 115 Å². The summed E-state index contributed by atoms with van der Waals surface area (Å²) in [7, 11) is 0. The molecule has 3 N–H and O–H groups in total. The third-order valence-electron chi connectivity index (χ3n) is 4.18. The Morgan fingerprint density at radius 2 is 2.00 bits per heavy atom. The van der Waals surface area contributed by atoms with Crippen LogP contribution in [0.5, 0.6) is 0 Å². The summed E-state index contributed by atoms with van der Waals surface area (Å²) in [6, 6.07) is 4.23. The van der Waals surface area contributed by atoms with Crippen LogP contribution in [-0.4, -0.2) is 28.5 Å². The van der Waals surface area contributed by atoms with E-state index in [-0.39, 0.29) is 29.0 Å². The van der Waals surface area contributed by atoms with E-state index >= 15 is 0 Å². The molecule has 24 heavy (non-hydrogen) atoms. The molecule has 0 aromatic heterocycles. The van der Waals surface area contributed by atoms with Gasteiger partial charge in [0, 0.05) is 17.7 Å². The molecule has 130 valence electrons. The number of hydrogen-bond donors (Lipinski definition) is 2. The smallest absolute Gasteiger partial charge is 0.283 e. The lowest BCUT2D eigenvalue weighted by molar-refractivity contribution is -0.387. The van der Waals surface area contributed by atoms with Gasteiger partial charge in [0.25, 0.3) is 5.69 Å². The number of nitro benzene ring substituents is 1. The van der Waals surface area contributed by atoms with Crippen molar-refractivity contribution in [2.75, 3.05) is 5.75 Å². The molecule has 1 fully saturated rings. The fourth-order valence-electron chi connectivity index (χ4n) is 2.75. The maximum atomic E-state index is 12.0. The summed E-state index contributed by atoms with van der Waals surface area (Å²) >= 11 is 1.09. The Morgan fingerprint density at radius 1 is 1.33 bits per heavy atom. The molecule has 0 unspecified atom stereocenters. The molecule has 1 saturated carbocycles. The molecule has 0 saturated heterocycles. The first-order valence-corrected chi connectivity index (χ1v) is 8.85. The van der Waals surface area contributed by atoms with Gasteiger partial charge in [-0.1, -0.05) is 6.92 Å². The van der Waals surface area contributed by atoms with Crippen LogP contribution in [0, 0.1) is 16.0 Å². The number of hydrogen-bond acceptors (Lipinski definition) is 5. The molecule has 1 aliphatic carbocycles. The van der Waals surface area contributed by atoms with Gasteiger partial charge >= 0.3 is 0 Å². The van der Waals surface area contributed by atoms with Crippen molar-refractivity contribution in [3.63, 3.8) is 0 Å². The Kier molecular flexibility index (Phi) is 6.19. The summed E-state index contributed by atoms with van der Waals surface area (Å²) in [5.74, 6) is -0.0475. The van der Waals surface area contributed by atoms with Gasteiger partial charge in [-0.25, -0.2) is 0 Å². The van der Waals surface area contributed by atoms with Gasteiger partial charge in [0.2, 0.25) is 11.8 Å². The van der Waals surface area contributed by atoms with Crippen LogP contribution in [-0.2, 0) is 4.79 Å². The molecule has 7 nitrogen and oxygen atoms in total. The Morgan fingerprint density at radius 3 is 2.58 bits per heavy atom. The largest absolute Gasteiger partial charge is 0.366 e. The van der Waals surface area contributed by atoms with E-state index in [0.717, 1.165) is 43.5 Å². The summed E-state index contributed by atoms with van der Waals surface area (Å²) in [6.45, 7) is 2.21. The monoisotopic (exact) mass is 351 g/mol. The molecule has 1 aliphatic rings. The predicted octanol–water partition coefficient (Wildman–Crippen LogP) is 2.48. The second kappa shape index (κ2) is 8.14. The molecular formula is C16H21N3O4S. The van der Waals surface area contributed by atoms with Gasteiger partial charge < -0.3 is 11.1 Å². The minimum atomic E-state index is -0.723. The van der Waals surface area contributed by atoms with E-state index < -0.39 is 10.8 Å². The quantitative estimate of drug-likeness (QED) is 0.464. The van der Waals surface area contributed by atoms with Crippen molar-refractivity contribution in [1.29, 1.82) is 0 Å². The highest BCUT2D eigenvalue weighted by Crippen LogP contribution is 2.30. The number of nitro groups is 1. The second-order valence-corrected chi connectivity index (χ2v) is 7.13. The second-order valence-electron chi connectivity index (χ2n) is 6.12. The highest BCUT2D eigenvalue weighted by Gasteiger charge is 2.21. The summed E-state index contributed by atoms with van der Waals surface area (Å²) in [6.07, 6.45) is 4.17. The molecule has 0 aliphatic heterocycles. The van der Waals surface area contributed by atoms with E-state index in [1.165, 1.54) is 12.1 Å². The Balaban J connectivity index is 1.94. The number of rotatable bonds is 6. The highest BCUT2D eigenvalue weighted by molar-refractivity contribution is 8.00. The van der Waals surface area contributed by atoms with Gasteiger partial charge in [0.15, 0.2) is 0 Å². The lowest BCUT2D eigenvalue weighted by Crippen LogP contribution is -2.38. The van der Waals surface area contributed by atoms with Crippen LogP contribution in [0.25, 0.3) is 0 Å². The SMILES string of the molecule is CC1CCC(NC(=O)CSc2ccc(C(N)=O)cc2[N+](=O)[O-])CC1. The van der Waals surface area contributed by atoms with Gasteiger partial charge in [-0.15, -0.1) is 11.8 Å². The van der Waals surface area contributed by atoms with Crippen molar-refractivity contribution in [2.24, 2.45) is 11.7 Å². The number of nitrogens with two attached hydrogens (primary N) is 1. The first-order chi connectivity index (χ1) is 11.4. The minimum absolute atomic E-state index is 0.0758. The molecule has 0 bridgehead atoms. The third-order valence-corrected chi connectivity index (χ3v) is 5.24. The van der Waals surface area contributed by atoms with E-state index in [0.29, 0.717) is 10.8 Å². The number of primary amides is 1. The number of amides is 2. The highest BCUT2D eigenvalue weighted by atomic mass is 32.2. The van der Waals surface area contributed by atoms with Gasteiger partial charge in [0.1, 0.15) is 0 Å². The zero-order chi connectivity index (χ0) is 17.7. The summed E-state index contributed by atoms with van der Waals surface area (Å²) in [5, 5.41) is 14.1. The van der Waals surface area contributed by atoms with Crippen LogP contribution in [0.2, 0.25) is 0 Å². The first kappa shape index (κ1) is 18.3. The minimum Gasteiger partial charge on any atom is -0.366 e. The molecule has 2 amide bonds. The lowest BCUT2D eigenvalue weighted by atomic mass is 9.87. The van der Waals surface area contributed by atoms with Crippen molar-refractivity contribution in [2.45, 2.75) is 43.5 Å². The Labute approximate surface area is 144 Å². The van der Waals surface area contributed by atoms with Gasteiger partial charge in [-0.2, -0.15) is 0 Å². The van der Waals surface area contributed by atoms with Crippen molar-refractivity contribution in [3.8, 4) is 0 Å².